The molecule has 0 bridgehead atoms. The Balaban J connectivity index is 2.52. The second-order valence-electron chi connectivity index (χ2n) is 4.85. The minimum Gasteiger partial charge on any atom is -0.282 e. The van der Waals surface area contributed by atoms with Gasteiger partial charge in [0, 0.05) is 7.05 Å². The van der Waals surface area contributed by atoms with Gasteiger partial charge in [0.05, 0.1) is 30.3 Å². The summed E-state index contributed by atoms with van der Waals surface area (Å²) >= 11 is 11.6. The summed E-state index contributed by atoms with van der Waals surface area (Å²) in [6.45, 7) is 5.38. The van der Waals surface area contributed by atoms with Crippen LogP contribution >= 0.6 is 28.4 Å². The van der Waals surface area contributed by atoms with Gasteiger partial charge in [0.1, 0.15) is 11.6 Å². The van der Waals surface area contributed by atoms with Crippen molar-refractivity contribution in [2.24, 2.45) is 7.05 Å². The van der Waals surface area contributed by atoms with Crippen molar-refractivity contribution < 1.29 is 8.37 Å². The molecular weight excluding hydrogens is 387 g/mol. The first-order chi connectivity index (χ1) is 11.5. The Bertz CT molecular complexity index is 758. The molecule has 1 heterocycles. The summed E-state index contributed by atoms with van der Waals surface area (Å²) in [5.74, 6) is 0.379. The highest BCUT2D eigenvalue weighted by atomic mass is 35.5. The van der Waals surface area contributed by atoms with Gasteiger partial charge < -0.3 is 0 Å². The van der Waals surface area contributed by atoms with E-state index in [4.69, 9.17) is 31.8 Å². The summed E-state index contributed by atoms with van der Waals surface area (Å²) in [5, 5.41) is 0.177. The normalized spacial score (nSPS) is 12.7. The SMILES string of the molecule is CCOS(Cc1c(Cl)c(=O)n(-c2ccccc2)n1C)(OCC)P=S. The van der Waals surface area contributed by atoms with Gasteiger partial charge in [-0.1, -0.05) is 29.8 Å². The van der Waals surface area contributed by atoms with E-state index >= 15 is 0 Å². The number of para-hydroxylation sites is 1. The molecule has 0 N–H and O–H groups in total. The molecule has 1 aromatic carbocycles. The molecule has 0 aliphatic rings. The molecule has 0 aliphatic carbocycles. The second kappa shape index (κ2) is 8.61. The molecule has 24 heavy (non-hydrogen) atoms. The van der Waals surface area contributed by atoms with Crippen molar-refractivity contribution in [3.8, 4) is 5.69 Å². The van der Waals surface area contributed by atoms with Gasteiger partial charge in [-0.3, -0.25) is 17.8 Å². The number of rotatable bonds is 8. The van der Waals surface area contributed by atoms with Gasteiger partial charge in [0.2, 0.25) is 0 Å². The molecule has 2 rings (SSSR count). The fourth-order valence-electron chi connectivity index (χ4n) is 2.36. The molecule has 5 nitrogen and oxygen atoms in total. The van der Waals surface area contributed by atoms with Gasteiger partial charge >= 0.3 is 0 Å². The number of hydrogen-bond acceptors (Lipinski definition) is 4. The third-order valence-electron chi connectivity index (χ3n) is 3.36. The van der Waals surface area contributed by atoms with Crippen molar-refractivity contribution in [3.63, 3.8) is 0 Å². The molecule has 0 spiro atoms. The van der Waals surface area contributed by atoms with Crippen molar-refractivity contribution in [1.82, 2.24) is 9.36 Å². The van der Waals surface area contributed by atoms with Gasteiger partial charge in [-0.05, 0) is 37.8 Å². The van der Waals surface area contributed by atoms with E-state index in [1.807, 2.05) is 44.2 Å². The Kier molecular flexibility index (Phi) is 7.04. The lowest BCUT2D eigenvalue weighted by molar-refractivity contribution is 0.287. The maximum Gasteiger partial charge on any atom is 0.290 e. The fourth-order valence-corrected chi connectivity index (χ4v) is 7.16. The van der Waals surface area contributed by atoms with Crippen molar-refractivity contribution in [1.29, 1.82) is 0 Å². The largest absolute Gasteiger partial charge is 0.290 e. The van der Waals surface area contributed by atoms with E-state index in [0.717, 1.165) is 5.69 Å². The smallest absolute Gasteiger partial charge is 0.282 e. The minimum absolute atomic E-state index is 0.177. The molecule has 0 saturated carbocycles. The molecule has 0 fully saturated rings. The molecule has 0 amide bonds. The Labute approximate surface area is 154 Å². The topological polar surface area (TPSA) is 45.4 Å². The number of halogens is 1. The van der Waals surface area contributed by atoms with Crippen LogP contribution in [0.15, 0.2) is 35.1 Å². The van der Waals surface area contributed by atoms with E-state index in [1.54, 1.807) is 16.4 Å². The van der Waals surface area contributed by atoms with Crippen LogP contribution in [0.1, 0.15) is 19.5 Å². The summed E-state index contributed by atoms with van der Waals surface area (Å²) in [6.07, 6.45) is 0. The van der Waals surface area contributed by atoms with Crippen LogP contribution in [0.2, 0.25) is 5.02 Å². The lowest BCUT2D eigenvalue weighted by Gasteiger charge is -2.37. The van der Waals surface area contributed by atoms with Gasteiger partial charge in [-0.25, -0.2) is 4.68 Å². The van der Waals surface area contributed by atoms with Crippen LogP contribution < -0.4 is 5.56 Å². The maximum atomic E-state index is 12.6. The van der Waals surface area contributed by atoms with E-state index in [-0.39, 0.29) is 10.6 Å². The zero-order valence-corrected chi connectivity index (χ0v) is 17.1. The average Bonchev–Trinajstić information content (AvgIpc) is 2.79. The highest BCUT2D eigenvalue weighted by molar-refractivity contribution is 8.72. The van der Waals surface area contributed by atoms with E-state index in [2.05, 4.69) is 0 Å². The fraction of sp³-hybridized carbons (Fsp3) is 0.400. The minimum atomic E-state index is -1.99. The highest BCUT2D eigenvalue weighted by Gasteiger charge is 2.26. The highest BCUT2D eigenvalue weighted by Crippen LogP contribution is 2.64. The van der Waals surface area contributed by atoms with Crippen molar-refractivity contribution in [2.45, 2.75) is 19.6 Å². The first-order valence-corrected chi connectivity index (χ1v) is 12.0. The monoisotopic (exact) mass is 406 g/mol. The summed E-state index contributed by atoms with van der Waals surface area (Å²) in [4.78, 5) is 12.6. The van der Waals surface area contributed by atoms with Gasteiger partial charge in [-0.2, -0.15) is 0 Å². The zero-order valence-electron chi connectivity index (χ0n) is 13.8. The number of hydrogen-bond donors (Lipinski definition) is 0. The first-order valence-electron chi connectivity index (χ1n) is 7.45. The van der Waals surface area contributed by atoms with Gasteiger partial charge in [0.15, 0.2) is 0 Å². The summed E-state index contributed by atoms with van der Waals surface area (Å²) in [5.41, 5.74) is 1.16. The molecule has 0 saturated heterocycles. The Morgan fingerprint density at radius 2 is 1.79 bits per heavy atom. The van der Waals surface area contributed by atoms with Crippen LogP contribution in [0.5, 0.6) is 0 Å². The van der Waals surface area contributed by atoms with E-state index in [1.165, 1.54) is 0 Å². The molecule has 9 heteroatoms. The lowest BCUT2D eigenvalue weighted by atomic mass is 10.3. The van der Waals surface area contributed by atoms with Crippen molar-refractivity contribution >= 4 is 40.2 Å². The molecule has 1 aromatic heterocycles. The van der Waals surface area contributed by atoms with Crippen LogP contribution in [0.25, 0.3) is 5.69 Å². The Morgan fingerprint density at radius 1 is 1.21 bits per heavy atom. The maximum absolute atomic E-state index is 12.6. The summed E-state index contributed by atoms with van der Waals surface area (Å²) in [6, 6.07) is 9.37. The quantitative estimate of drug-likeness (QED) is 0.611. The van der Waals surface area contributed by atoms with E-state index in [0.29, 0.717) is 31.2 Å². The van der Waals surface area contributed by atoms with Crippen LogP contribution in [-0.2, 0) is 33.0 Å². The molecule has 0 radical (unpaired) electrons. The number of nitrogens with zero attached hydrogens (tertiary/aromatic N) is 2. The summed E-state index contributed by atoms with van der Waals surface area (Å²) in [7, 11) is -0.185. The predicted octanol–water partition coefficient (Wildman–Crippen LogP) is 4.36. The Morgan fingerprint density at radius 3 is 2.29 bits per heavy atom. The summed E-state index contributed by atoms with van der Waals surface area (Å²) < 4.78 is 15.0. The van der Waals surface area contributed by atoms with Crippen LogP contribution in [0, 0.1) is 0 Å². The molecule has 0 aliphatic heterocycles. The molecule has 2 aromatic rings. The third-order valence-corrected chi connectivity index (χ3v) is 9.56. The molecule has 0 unspecified atom stereocenters. The number of aromatic nitrogens is 2. The lowest BCUT2D eigenvalue weighted by Crippen LogP contribution is -2.20. The molecule has 0 atom stereocenters. The van der Waals surface area contributed by atoms with Gasteiger partial charge in [-0.15, -0.1) is 10.2 Å². The van der Waals surface area contributed by atoms with E-state index in [9.17, 15) is 4.79 Å². The molecule has 132 valence electrons. The average molecular weight is 407 g/mol. The zero-order chi connectivity index (χ0) is 17.7. The first kappa shape index (κ1) is 19.6. The van der Waals surface area contributed by atoms with E-state index < -0.39 is 10.2 Å². The molecular formula is C15H20ClN2O3PS2. The standard InChI is InChI=1S/C15H20ClN2O3PS2/c1-4-20-24(22-23,21-5-2)11-13-14(16)15(19)18(17(13)3)12-9-7-6-8-10-12/h6-10H,4-5,11H2,1-3H3. The van der Waals surface area contributed by atoms with Crippen molar-refractivity contribution in [2.75, 3.05) is 13.2 Å². The van der Waals surface area contributed by atoms with Crippen LogP contribution in [0.4, 0.5) is 0 Å². The third kappa shape index (κ3) is 3.93. The van der Waals surface area contributed by atoms with Gasteiger partial charge in [0.25, 0.3) is 5.56 Å². The van der Waals surface area contributed by atoms with Crippen LogP contribution in [0.3, 0.4) is 0 Å². The second-order valence-corrected chi connectivity index (χ2v) is 10.8. The number of benzene rings is 1. The van der Waals surface area contributed by atoms with Crippen LogP contribution in [-0.4, -0.2) is 22.6 Å². The predicted molar refractivity (Wildman–Crippen MR) is 105 cm³/mol. The Hall–Kier alpha value is -0.690. The van der Waals surface area contributed by atoms with Crippen molar-refractivity contribution in [3.05, 3.63) is 51.4 Å².